The number of hydrogen-bond donors (Lipinski definition) is 12. The first-order chi connectivity index (χ1) is 27.3. The monoisotopic (exact) mass is 825 g/mol. The molecule has 57 heavy (non-hydrogen) atoms. The minimum Gasteiger partial charge on any atom is -0.394 e. The van der Waals surface area contributed by atoms with Gasteiger partial charge in [-0.3, -0.25) is 4.79 Å². The molecular weight excluding hydrogens is 758 g/mol. The number of amides is 1. The SMILES string of the molecule is CCCCCCCCC/C=C/CC/C=C/C(O)C(COC1OC(CO)C(OC2OC(CO)C(OC3OC(CO)C(O)C(O)C3O)C(O)C2O)C(O)C1O)NC(C)=O. The van der Waals surface area contributed by atoms with E-state index in [1.807, 2.05) is 0 Å². The Kier molecular flexibility index (Phi) is 22.5. The van der Waals surface area contributed by atoms with Crippen molar-refractivity contribution < 1.29 is 89.4 Å². The van der Waals surface area contributed by atoms with Gasteiger partial charge in [0, 0.05) is 6.92 Å². The first-order valence-corrected chi connectivity index (χ1v) is 20.0. The van der Waals surface area contributed by atoms with Crippen molar-refractivity contribution in [3.63, 3.8) is 0 Å². The van der Waals surface area contributed by atoms with Gasteiger partial charge in [-0.1, -0.05) is 69.8 Å². The van der Waals surface area contributed by atoms with Crippen LogP contribution in [-0.4, -0.2) is 193 Å². The Morgan fingerprint density at radius 2 is 1.09 bits per heavy atom. The van der Waals surface area contributed by atoms with Gasteiger partial charge >= 0.3 is 0 Å². The van der Waals surface area contributed by atoms with Crippen molar-refractivity contribution in [2.45, 2.75) is 182 Å². The van der Waals surface area contributed by atoms with Crippen LogP contribution in [0, 0.1) is 0 Å². The van der Waals surface area contributed by atoms with Crippen molar-refractivity contribution in [3.05, 3.63) is 24.3 Å². The molecule has 0 aromatic rings. The van der Waals surface area contributed by atoms with Crippen LogP contribution >= 0.6 is 0 Å². The predicted molar refractivity (Wildman–Crippen MR) is 199 cm³/mol. The second-order valence-electron chi connectivity index (χ2n) is 14.8. The number of rotatable bonds is 24. The summed E-state index contributed by atoms with van der Waals surface area (Å²) >= 11 is 0. The number of allylic oxidation sites excluding steroid dienone is 3. The maximum Gasteiger partial charge on any atom is 0.217 e. The molecule has 0 saturated carbocycles. The molecule has 19 nitrogen and oxygen atoms in total. The molecule has 0 aliphatic carbocycles. The average molecular weight is 826 g/mol. The fourth-order valence-electron chi connectivity index (χ4n) is 6.88. The van der Waals surface area contributed by atoms with Crippen LogP contribution < -0.4 is 5.32 Å². The normalized spacial score (nSPS) is 37.5. The standard InChI is InChI=1S/C38H67NO18/c1-3-4-5-6-7-8-9-10-11-12-13-14-15-16-23(44)22(39-21(2)43)20-52-36-32(50)29(47)34(25(18-41)54-36)57-38-33(51)30(48)35(26(19-42)55-38)56-37-31(49)28(46)27(45)24(17-40)53-37/h11-12,15-16,22-38,40-42,44-51H,3-10,13-14,17-20H2,1-2H3,(H,39,43)/b12-11+,16-15+. The van der Waals surface area contributed by atoms with Gasteiger partial charge in [0.25, 0.3) is 0 Å². The van der Waals surface area contributed by atoms with Gasteiger partial charge in [-0.15, -0.1) is 0 Å². The highest BCUT2D eigenvalue weighted by Crippen LogP contribution is 2.32. The zero-order chi connectivity index (χ0) is 42.1. The summed E-state index contributed by atoms with van der Waals surface area (Å²) in [5, 5.41) is 117. The molecule has 3 aliphatic heterocycles. The summed E-state index contributed by atoms with van der Waals surface area (Å²) < 4.78 is 33.5. The summed E-state index contributed by atoms with van der Waals surface area (Å²) in [6.07, 6.45) is -8.07. The lowest BCUT2D eigenvalue weighted by molar-refractivity contribution is -0.379. The molecule has 1 amide bonds. The van der Waals surface area contributed by atoms with Crippen LogP contribution in [0.3, 0.4) is 0 Å². The minimum atomic E-state index is -1.97. The Bertz CT molecular complexity index is 1180. The highest BCUT2D eigenvalue weighted by atomic mass is 16.8. The van der Waals surface area contributed by atoms with E-state index in [0.29, 0.717) is 6.42 Å². The second kappa shape index (κ2) is 25.8. The molecule has 332 valence electrons. The van der Waals surface area contributed by atoms with Crippen LogP contribution in [0.2, 0.25) is 0 Å². The minimum absolute atomic E-state index is 0.383. The number of carbonyl (C=O) groups excluding carboxylic acids is 1. The van der Waals surface area contributed by atoms with Crippen molar-refractivity contribution >= 4 is 5.91 Å². The van der Waals surface area contributed by atoms with Crippen LogP contribution in [0.25, 0.3) is 0 Å². The third-order valence-electron chi connectivity index (χ3n) is 10.3. The fourth-order valence-corrected chi connectivity index (χ4v) is 6.88. The molecule has 17 atom stereocenters. The zero-order valence-corrected chi connectivity index (χ0v) is 32.8. The average Bonchev–Trinajstić information content (AvgIpc) is 3.19. The third kappa shape index (κ3) is 14.7. The smallest absolute Gasteiger partial charge is 0.217 e. The van der Waals surface area contributed by atoms with Crippen molar-refractivity contribution in [1.29, 1.82) is 0 Å². The molecule has 0 aromatic heterocycles. The lowest BCUT2D eigenvalue weighted by Gasteiger charge is -2.48. The summed E-state index contributed by atoms with van der Waals surface area (Å²) in [6.45, 7) is 0.647. The Hall–Kier alpha value is -1.73. The molecule has 17 unspecified atom stereocenters. The van der Waals surface area contributed by atoms with Gasteiger partial charge in [0.2, 0.25) is 5.91 Å². The Morgan fingerprint density at radius 1 is 0.614 bits per heavy atom. The van der Waals surface area contributed by atoms with Crippen molar-refractivity contribution in [2.24, 2.45) is 0 Å². The van der Waals surface area contributed by atoms with E-state index in [1.54, 1.807) is 6.08 Å². The van der Waals surface area contributed by atoms with Crippen LogP contribution in [0.4, 0.5) is 0 Å². The van der Waals surface area contributed by atoms with E-state index >= 15 is 0 Å². The summed E-state index contributed by atoms with van der Waals surface area (Å²) in [4.78, 5) is 11.9. The summed E-state index contributed by atoms with van der Waals surface area (Å²) in [7, 11) is 0. The topological polar surface area (TPSA) is 307 Å². The molecule has 3 heterocycles. The number of carbonyl (C=O) groups is 1. The number of unbranched alkanes of at least 4 members (excludes halogenated alkanes) is 8. The van der Waals surface area contributed by atoms with E-state index in [2.05, 4.69) is 24.4 Å². The molecule has 3 fully saturated rings. The Morgan fingerprint density at radius 3 is 1.65 bits per heavy atom. The predicted octanol–water partition coefficient (Wildman–Crippen LogP) is -2.65. The second-order valence-corrected chi connectivity index (χ2v) is 14.8. The van der Waals surface area contributed by atoms with E-state index in [1.165, 1.54) is 51.5 Å². The maximum absolute atomic E-state index is 11.9. The summed E-state index contributed by atoms with van der Waals surface area (Å²) in [6, 6.07) is -0.984. The van der Waals surface area contributed by atoms with E-state index < -0.39 is 130 Å². The zero-order valence-electron chi connectivity index (χ0n) is 32.8. The number of aliphatic hydroxyl groups excluding tert-OH is 11. The first kappa shape index (κ1) is 49.6. The molecule has 3 rings (SSSR count). The van der Waals surface area contributed by atoms with Gasteiger partial charge in [0.05, 0.1) is 38.6 Å². The molecule has 12 N–H and O–H groups in total. The van der Waals surface area contributed by atoms with Crippen LogP contribution in [0.15, 0.2) is 24.3 Å². The molecule has 3 saturated heterocycles. The van der Waals surface area contributed by atoms with Crippen LogP contribution in [0.5, 0.6) is 0 Å². The summed E-state index contributed by atoms with van der Waals surface area (Å²) in [5.74, 6) is -0.466. The Labute approximate surface area is 333 Å². The molecule has 0 spiro atoms. The number of aliphatic hydroxyl groups is 11. The Balaban J connectivity index is 1.53. The van der Waals surface area contributed by atoms with Gasteiger partial charge in [-0.2, -0.15) is 0 Å². The molecule has 0 radical (unpaired) electrons. The van der Waals surface area contributed by atoms with Crippen LogP contribution in [-0.2, 0) is 33.2 Å². The highest BCUT2D eigenvalue weighted by Gasteiger charge is 2.53. The van der Waals surface area contributed by atoms with Crippen molar-refractivity contribution in [1.82, 2.24) is 5.32 Å². The summed E-state index contributed by atoms with van der Waals surface area (Å²) in [5.41, 5.74) is 0. The molecule has 0 bridgehead atoms. The molecule has 3 aliphatic rings. The van der Waals surface area contributed by atoms with E-state index in [4.69, 9.17) is 28.4 Å². The van der Waals surface area contributed by atoms with Gasteiger partial charge in [-0.05, 0) is 25.7 Å². The largest absolute Gasteiger partial charge is 0.394 e. The van der Waals surface area contributed by atoms with E-state index in [-0.39, 0.29) is 6.61 Å². The molecular formula is C38H67NO18. The fraction of sp³-hybridized carbons (Fsp3) is 0.868. The lowest BCUT2D eigenvalue weighted by Crippen LogP contribution is -2.66. The lowest BCUT2D eigenvalue weighted by atomic mass is 9.96. The quantitative estimate of drug-likeness (QED) is 0.0349. The molecule has 19 heteroatoms. The van der Waals surface area contributed by atoms with Gasteiger partial charge in [-0.25, -0.2) is 0 Å². The number of hydrogen-bond acceptors (Lipinski definition) is 18. The van der Waals surface area contributed by atoms with Gasteiger partial charge in [0.15, 0.2) is 18.9 Å². The van der Waals surface area contributed by atoms with Crippen LogP contribution in [0.1, 0.15) is 78.1 Å². The maximum atomic E-state index is 11.9. The highest BCUT2D eigenvalue weighted by molar-refractivity contribution is 5.73. The van der Waals surface area contributed by atoms with E-state index in [9.17, 15) is 61.0 Å². The first-order valence-electron chi connectivity index (χ1n) is 20.0. The van der Waals surface area contributed by atoms with Crippen molar-refractivity contribution in [2.75, 3.05) is 26.4 Å². The van der Waals surface area contributed by atoms with E-state index in [0.717, 1.165) is 19.3 Å². The molecule has 0 aromatic carbocycles. The number of nitrogens with one attached hydrogen (secondary N) is 1. The van der Waals surface area contributed by atoms with Gasteiger partial charge in [0.1, 0.15) is 73.2 Å². The van der Waals surface area contributed by atoms with Gasteiger partial charge < -0.3 is 89.9 Å². The number of ether oxygens (including phenoxy) is 6. The third-order valence-corrected chi connectivity index (χ3v) is 10.3. The van der Waals surface area contributed by atoms with Crippen molar-refractivity contribution in [3.8, 4) is 0 Å².